The number of urea groups is 1. The van der Waals surface area contributed by atoms with E-state index < -0.39 is 0 Å². The number of anilines is 1. The van der Waals surface area contributed by atoms with Crippen LogP contribution in [-0.4, -0.2) is 37.7 Å². The van der Waals surface area contributed by atoms with E-state index in [9.17, 15) is 4.79 Å². The summed E-state index contributed by atoms with van der Waals surface area (Å²) in [4.78, 5) is 14.5. The highest BCUT2D eigenvalue weighted by Crippen LogP contribution is 2.25. The number of halogens is 1. The summed E-state index contributed by atoms with van der Waals surface area (Å²) in [7, 11) is 1.64. The molecule has 2 N–H and O–H groups in total. The third kappa shape index (κ3) is 3.80. The van der Waals surface area contributed by atoms with E-state index in [0.717, 1.165) is 30.1 Å². The molecule has 126 valence electrons. The maximum absolute atomic E-state index is 12.7. The number of methoxy groups -OCH3 is 1. The zero-order valence-corrected chi connectivity index (χ0v) is 14.2. The molecular weight excluding hydrogens is 326 g/mol. The standard InChI is InChI=1S/C18H20ClN3O2/c1-24-16-8-2-13(3-9-16)17-12-20-10-11-22(17)18(23)21-15-6-4-14(19)5-7-15/h2-9,17,20H,10-12H2,1H3,(H,21,23). The van der Waals surface area contributed by atoms with Crippen LogP contribution in [0, 0.1) is 0 Å². The smallest absolute Gasteiger partial charge is 0.322 e. The number of ether oxygens (including phenoxy) is 1. The van der Waals surface area contributed by atoms with Crippen molar-refractivity contribution in [3.8, 4) is 5.75 Å². The number of benzene rings is 2. The van der Waals surface area contributed by atoms with Gasteiger partial charge in [0, 0.05) is 30.3 Å². The average Bonchev–Trinajstić information content (AvgIpc) is 2.63. The van der Waals surface area contributed by atoms with Crippen molar-refractivity contribution < 1.29 is 9.53 Å². The summed E-state index contributed by atoms with van der Waals surface area (Å²) in [6, 6.07) is 14.8. The van der Waals surface area contributed by atoms with Crippen molar-refractivity contribution in [2.75, 3.05) is 32.1 Å². The molecule has 1 aliphatic rings. The molecule has 0 spiro atoms. The zero-order chi connectivity index (χ0) is 16.9. The molecular formula is C18H20ClN3O2. The molecule has 3 rings (SSSR count). The Morgan fingerprint density at radius 1 is 1.21 bits per heavy atom. The fourth-order valence-corrected chi connectivity index (χ4v) is 2.93. The first-order chi connectivity index (χ1) is 11.7. The summed E-state index contributed by atoms with van der Waals surface area (Å²) >= 11 is 5.88. The Hall–Kier alpha value is -2.24. The van der Waals surface area contributed by atoms with Gasteiger partial charge in [-0.2, -0.15) is 0 Å². The molecule has 1 fully saturated rings. The van der Waals surface area contributed by atoms with Crippen molar-refractivity contribution >= 4 is 23.3 Å². The molecule has 0 bridgehead atoms. The van der Waals surface area contributed by atoms with Gasteiger partial charge in [0.15, 0.2) is 0 Å². The first-order valence-electron chi connectivity index (χ1n) is 7.85. The molecule has 0 radical (unpaired) electrons. The highest BCUT2D eigenvalue weighted by atomic mass is 35.5. The molecule has 24 heavy (non-hydrogen) atoms. The van der Waals surface area contributed by atoms with Gasteiger partial charge in [-0.15, -0.1) is 0 Å². The normalized spacial score (nSPS) is 17.4. The number of carbonyl (C=O) groups is 1. The van der Waals surface area contributed by atoms with Gasteiger partial charge in [0.1, 0.15) is 5.75 Å². The number of amides is 2. The molecule has 2 aromatic rings. The minimum absolute atomic E-state index is 0.0167. The monoisotopic (exact) mass is 345 g/mol. The summed E-state index contributed by atoms with van der Waals surface area (Å²) in [5.74, 6) is 0.805. The summed E-state index contributed by atoms with van der Waals surface area (Å²) in [6.07, 6.45) is 0. The van der Waals surface area contributed by atoms with Gasteiger partial charge in [0.25, 0.3) is 0 Å². The summed E-state index contributed by atoms with van der Waals surface area (Å²) in [6.45, 7) is 2.15. The van der Waals surface area contributed by atoms with E-state index in [1.165, 1.54) is 0 Å². The summed E-state index contributed by atoms with van der Waals surface area (Å²) in [5, 5.41) is 6.93. The van der Waals surface area contributed by atoms with Crippen LogP contribution in [0.5, 0.6) is 5.75 Å². The maximum Gasteiger partial charge on any atom is 0.322 e. The van der Waals surface area contributed by atoms with Crippen LogP contribution in [-0.2, 0) is 0 Å². The minimum atomic E-state index is -0.111. The molecule has 5 nitrogen and oxygen atoms in total. The second kappa shape index (κ2) is 7.55. The number of nitrogens with zero attached hydrogens (tertiary/aromatic N) is 1. The van der Waals surface area contributed by atoms with Gasteiger partial charge in [0.2, 0.25) is 0 Å². The molecule has 0 aliphatic carbocycles. The number of hydrogen-bond donors (Lipinski definition) is 2. The average molecular weight is 346 g/mol. The Morgan fingerprint density at radius 2 is 1.92 bits per heavy atom. The van der Waals surface area contributed by atoms with Crippen LogP contribution in [0.15, 0.2) is 48.5 Å². The highest BCUT2D eigenvalue weighted by Gasteiger charge is 2.27. The van der Waals surface area contributed by atoms with Crippen LogP contribution in [0.3, 0.4) is 0 Å². The van der Waals surface area contributed by atoms with Crippen molar-refractivity contribution in [3.63, 3.8) is 0 Å². The molecule has 1 aliphatic heterocycles. The molecule has 1 unspecified atom stereocenters. The number of rotatable bonds is 3. The lowest BCUT2D eigenvalue weighted by molar-refractivity contribution is 0.171. The van der Waals surface area contributed by atoms with E-state index in [4.69, 9.17) is 16.3 Å². The third-order valence-corrected chi connectivity index (χ3v) is 4.35. The van der Waals surface area contributed by atoms with Gasteiger partial charge in [-0.1, -0.05) is 23.7 Å². The van der Waals surface area contributed by atoms with Crippen molar-refractivity contribution in [2.45, 2.75) is 6.04 Å². The summed E-state index contributed by atoms with van der Waals surface area (Å²) in [5.41, 5.74) is 1.81. The number of piperazine rings is 1. The Bertz CT molecular complexity index is 688. The first kappa shape index (κ1) is 16.6. The second-order valence-electron chi connectivity index (χ2n) is 5.62. The van der Waals surface area contributed by atoms with E-state index in [0.29, 0.717) is 11.6 Å². The Morgan fingerprint density at radius 3 is 2.58 bits per heavy atom. The van der Waals surface area contributed by atoms with E-state index in [-0.39, 0.29) is 12.1 Å². The van der Waals surface area contributed by atoms with Gasteiger partial charge in [-0.3, -0.25) is 0 Å². The predicted molar refractivity (Wildman–Crippen MR) is 95.8 cm³/mol. The lowest BCUT2D eigenvalue weighted by Gasteiger charge is -2.36. The zero-order valence-electron chi connectivity index (χ0n) is 13.5. The quantitative estimate of drug-likeness (QED) is 0.894. The second-order valence-corrected chi connectivity index (χ2v) is 6.06. The summed E-state index contributed by atoms with van der Waals surface area (Å²) < 4.78 is 5.20. The van der Waals surface area contributed by atoms with Crippen molar-refractivity contribution in [1.29, 1.82) is 0 Å². The Balaban J connectivity index is 1.75. The van der Waals surface area contributed by atoms with E-state index in [1.807, 2.05) is 29.2 Å². The topological polar surface area (TPSA) is 53.6 Å². The highest BCUT2D eigenvalue weighted by molar-refractivity contribution is 6.30. The first-order valence-corrected chi connectivity index (χ1v) is 8.23. The van der Waals surface area contributed by atoms with Crippen LogP contribution < -0.4 is 15.4 Å². The van der Waals surface area contributed by atoms with E-state index >= 15 is 0 Å². The van der Waals surface area contributed by atoms with Crippen LogP contribution in [0.2, 0.25) is 5.02 Å². The van der Waals surface area contributed by atoms with E-state index in [1.54, 1.807) is 31.4 Å². The number of hydrogen-bond acceptors (Lipinski definition) is 3. The SMILES string of the molecule is COc1ccc(C2CNCCN2C(=O)Nc2ccc(Cl)cc2)cc1. The minimum Gasteiger partial charge on any atom is -0.497 e. The molecule has 0 saturated carbocycles. The predicted octanol–water partition coefficient (Wildman–Crippen LogP) is 3.53. The van der Waals surface area contributed by atoms with Crippen molar-refractivity contribution in [2.24, 2.45) is 0 Å². The lowest BCUT2D eigenvalue weighted by Crippen LogP contribution is -2.50. The largest absolute Gasteiger partial charge is 0.497 e. The van der Waals surface area contributed by atoms with Gasteiger partial charge < -0.3 is 20.3 Å². The Labute approximate surface area is 146 Å². The van der Waals surface area contributed by atoms with E-state index in [2.05, 4.69) is 10.6 Å². The maximum atomic E-state index is 12.7. The molecule has 1 saturated heterocycles. The molecule has 2 amide bonds. The Kier molecular flexibility index (Phi) is 5.23. The number of nitrogens with one attached hydrogen (secondary N) is 2. The van der Waals surface area contributed by atoms with Crippen LogP contribution in [0.1, 0.15) is 11.6 Å². The van der Waals surface area contributed by atoms with Gasteiger partial charge in [0.05, 0.1) is 13.2 Å². The number of carbonyl (C=O) groups excluding carboxylic acids is 1. The molecule has 1 heterocycles. The van der Waals surface area contributed by atoms with Crippen LogP contribution in [0.4, 0.5) is 10.5 Å². The molecule has 1 atom stereocenters. The molecule has 0 aromatic heterocycles. The fraction of sp³-hybridized carbons (Fsp3) is 0.278. The van der Waals surface area contributed by atoms with Crippen molar-refractivity contribution in [1.82, 2.24) is 10.2 Å². The van der Waals surface area contributed by atoms with Gasteiger partial charge in [-0.05, 0) is 42.0 Å². The van der Waals surface area contributed by atoms with Crippen LogP contribution in [0.25, 0.3) is 0 Å². The van der Waals surface area contributed by atoms with Gasteiger partial charge in [-0.25, -0.2) is 4.79 Å². The molecule has 6 heteroatoms. The van der Waals surface area contributed by atoms with Crippen molar-refractivity contribution in [3.05, 3.63) is 59.1 Å². The molecule has 2 aromatic carbocycles. The third-order valence-electron chi connectivity index (χ3n) is 4.10. The van der Waals surface area contributed by atoms with Gasteiger partial charge >= 0.3 is 6.03 Å². The lowest BCUT2D eigenvalue weighted by atomic mass is 10.0. The fourth-order valence-electron chi connectivity index (χ4n) is 2.80. The van der Waals surface area contributed by atoms with Crippen LogP contribution >= 0.6 is 11.6 Å².